The molecule has 180 valence electrons. The van der Waals surface area contributed by atoms with Crippen molar-refractivity contribution in [2.45, 2.75) is 75.9 Å². The van der Waals surface area contributed by atoms with Crippen LogP contribution in [0.15, 0.2) is 36.5 Å². The van der Waals surface area contributed by atoms with E-state index >= 15 is 0 Å². The molecule has 2 unspecified atom stereocenters. The fourth-order valence-electron chi connectivity index (χ4n) is 7.09. The van der Waals surface area contributed by atoms with Crippen LogP contribution in [0, 0.1) is 0 Å². The Morgan fingerprint density at radius 2 is 1.76 bits per heavy atom. The highest BCUT2D eigenvalue weighted by molar-refractivity contribution is 5.91. The summed E-state index contributed by atoms with van der Waals surface area (Å²) < 4.78 is 5.36. The number of likely N-dealkylation sites (tertiary alicyclic amines) is 1. The molecule has 2 bridgehead atoms. The normalized spacial score (nSPS) is 26.4. The number of H-pyrrole nitrogens is 1. The minimum Gasteiger partial charge on any atom is -0.481 e. The van der Waals surface area contributed by atoms with E-state index < -0.39 is 0 Å². The van der Waals surface area contributed by atoms with Gasteiger partial charge in [-0.15, -0.1) is 0 Å². The minimum atomic E-state index is 0.656. The fourth-order valence-corrected chi connectivity index (χ4v) is 7.09. The van der Waals surface area contributed by atoms with Crippen molar-refractivity contribution in [3.63, 3.8) is 0 Å². The van der Waals surface area contributed by atoms with Crippen LogP contribution in [0.3, 0.4) is 0 Å². The van der Waals surface area contributed by atoms with Gasteiger partial charge < -0.3 is 19.5 Å². The highest BCUT2D eigenvalue weighted by Gasteiger charge is 2.41. The summed E-state index contributed by atoms with van der Waals surface area (Å²) in [5.41, 5.74) is 6.47. The van der Waals surface area contributed by atoms with Gasteiger partial charge in [0.05, 0.1) is 7.11 Å². The summed E-state index contributed by atoms with van der Waals surface area (Å²) in [7, 11) is 4.02. The molecule has 0 radical (unpaired) electrons. The van der Waals surface area contributed by atoms with Crippen molar-refractivity contribution in [3.8, 4) is 17.1 Å². The molecule has 2 aromatic heterocycles. The third kappa shape index (κ3) is 3.83. The number of aromatic nitrogens is 2. The fraction of sp³-hybridized carbons (Fsp3) is 0.552. The van der Waals surface area contributed by atoms with E-state index in [2.05, 4.69) is 58.0 Å². The van der Waals surface area contributed by atoms with Crippen LogP contribution < -0.4 is 4.74 Å². The Hall–Kier alpha value is -2.37. The van der Waals surface area contributed by atoms with Crippen molar-refractivity contribution in [1.82, 2.24) is 19.8 Å². The van der Waals surface area contributed by atoms with E-state index in [1.165, 1.54) is 79.3 Å². The Bertz CT molecular complexity index is 1150. The van der Waals surface area contributed by atoms with Crippen LogP contribution in [0.25, 0.3) is 22.2 Å². The number of aryl methyl sites for hydroxylation is 1. The van der Waals surface area contributed by atoms with Gasteiger partial charge >= 0.3 is 0 Å². The molecule has 5 heterocycles. The van der Waals surface area contributed by atoms with Gasteiger partial charge in [-0.25, -0.2) is 4.98 Å². The van der Waals surface area contributed by atoms with E-state index in [0.717, 1.165) is 30.1 Å². The zero-order valence-electron chi connectivity index (χ0n) is 20.9. The summed E-state index contributed by atoms with van der Waals surface area (Å²) in [6, 6.07) is 13.7. The van der Waals surface area contributed by atoms with Crippen molar-refractivity contribution in [2.75, 3.05) is 27.2 Å². The highest BCUT2D eigenvalue weighted by atomic mass is 16.5. The van der Waals surface area contributed by atoms with Crippen LogP contribution in [0.1, 0.15) is 62.5 Å². The molecule has 3 aliphatic rings. The van der Waals surface area contributed by atoms with E-state index in [4.69, 9.17) is 4.74 Å². The Morgan fingerprint density at radius 3 is 2.47 bits per heavy atom. The summed E-state index contributed by atoms with van der Waals surface area (Å²) in [5, 5.41) is 1.38. The standard InChI is InChI=1S/C29H38N4O/c1-4-25-26-15-20(5-8-27(26)31-29(25)21-9-12-30-28(16-21)34-3)19-10-13-33(14-11-19)24-17-22-6-7-23(18-24)32(22)2/h5,8-9,12,15-16,19,22-24,31H,4,6-7,10-11,13-14,17-18H2,1-3H3. The molecule has 5 nitrogen and oxygen atoms in total. The van der Waals surface area contributed by atoms with Gasteiger partial charge in [0.2, 0.25) is 5.88 Å². The predicted molar refractivity (Wildman–Crippen MR) is 139 cm³/mol. The third-order valence-electron chi connectivity index (χ3n) is 9.11. The molecule has 6 rings (SSSR count). The molecule has 1 N–H and O–H groups in total. The summed E-state index contributed by atoms with van der Waals surface area (Å²) in [6.07, 6.45) is 11.0. The third-order valence-corrected chi connectivity index (χ3v) is 9.11. The summed E-state index contributed by atoms with van der Waals surface area (Å²) in [5.74, 6) is 1.33. The van der Waals surface area contributed by atoms with Gasteiger partial charge in [0.1, 0.15) is 0 Å². The highest BCUT2D eigenvalue weighted by Crippen LogP contribution is 2.39. The summed E-state index contributed by atoms with van der Waals surface area (Å²) >= 11 is 0. The lowest BCUT2D eigenvalue weighted by Gasteiger charge is -2.44. The number of rotatable bonds is 5. The number of nitrogens with zero attached hydrogens (tertiary/aromatic N) is 3. The van der Waals surface area contributed by atoms with Gasteiger partial charge in [-0.2, -0.15) is 0 Å². The molecule has 0 saturated carbocycles. The van der Waals surface area contributed by atoms with Crippen LogP contribution >= 0.6 is 0 Å². The van der Waals surface area contributed by atoms with Crippen LogP contribution in [0.4, 0.5) is 0 Å². The van der Waals surface area contributed by atoms with E-state index in [1.807, 2.05) is 12.3 Å². The zero-order chi connectivity index (χ0) is 23.2. The number of aromatic amines is 1. The lowest BCUT2D eigenvalue weighted by molar-refractivity contribution is 0.0601. The van der Waals surface area contributed by atoms with Crippen molar-refractivity contribution >= 4 is 10.9 Å². The molecule has 0 aliphatic carbocycles. The first-order valence-electron chi connectivity index (χ1n) is 13.3. The summed E-state index contributed by atoms with van der Waals surface area (Å²) in [6.45, 7) is 4.77. The number of ether oxygens (including phenoxy) is 1. The average molecular weight is 459 g/mol. The molecule has 0 spiro atoms. The van der Waals surface area contributed by atoms with Crippen molar-refractivity contribution in [3.05, 3.63) is 47.7 Å². The molecule has 5 heteroatoms. The maximum Gasteiger partial charge on any atom is 0.213 e. The van der Waals surface area contributed by atoms with Gasteiger partial charge in [0, 0.05) is 52.5 Å². The maximum atomic E-state index is 5.36. The van der Waals surface area contributed by atoms with Crippen molar-refractivity contribution in [1.29, 1.82) is 0 Å². The van der Waals surface area contributed by atoms with E-state index in [9.17, 15) is 0 Å². The number of hydrogen-bond donors (Lipinski definition) is 1. The Labute approximate surface area is 203 Å². The van der Waals surface area contributed by atoms with Crippen LogP contribution in [0.2, 0.25) is 0 Å². The number of fused-ring (bicyclic) bond motifs is 3. The molecule has 1 aromatic carbocycles. The molecule has 2 atom stereocenters. The molecule has 3 fully saturated rings. The first-order chi connectivity index (χ1) is 16.6. The number of pyridine rings is 1. The minimum absolute atomic E-state index is 0.656. The molecular weight excluding hydrogens is 420 g/mol. The largest absolute Gasteiger partial charge is 0.481 e. The van der Waals surface area contributed by atoms with Crippen LogP contribution in [-0.4, -0.2) is 65.1 Å². The Balaban J connectivity index is 1.20. The quantitative estimate of drug-likeness (QED) is 0.540. The number of nitrogens with one attached hydrogen (secondary N) is 1. The van der Waals surface area contributed by atoms with Crippen LogP contribution in [0.5, 0.6) is 5.88 Å². The van der Waals surface area contributed by atoms with E-state index in [1.54, 1.807) is 7.11 Å². The molecule has 0 amide bonds. The van der Waals surface area contributed by atoms with Gasteiger partial charge in [-0.05, 0) is 100 Å². The Kier molecular flexibility index (Phi) is 5.86. The maximum absolute atomic E-state index is 5.36. The Morgan fingerprint density at radius 1 is 1.00 bits per heavy atom. The number of piperidine rings is 2. The smallest absolute Gasteiger partial charge is 0.213 e. The van der Waals surface area contributed by atoms with Gasteiger partial charge in [-0.1, -0.05) is 13.0 Å². The van der Waals surface area contributed by atoms with E-state index in [-0.39, 0.29) is 0 Å². The first-order valence-corrected chi connectivity index (χ1v) is 13.3. The topological polar surface area (TPSA) is 44.4 Å². The zero-order valence-corrected chi connectivity index (χ0v) is 20.9. The molecular formula is C29H38N4O. The molecule has 3 aliphatic heterocycles. The van der Waals surface area contributed by atoms with Crippen LogP contribution in [-0.2, 0) is 6.42 Å². The van der Waals surface area contributed by atoms with Gasteiger partial charge in [0.25, 0.3) is 0 Å². The van der Waals surface area contributed by atoms with Gasteiger partial charge in [0.15, 0.2) is 0 Å². The second-order valence-electron chi connectivity index (χ2n) is 10.7. The second-order valence-corrected chi connectivity index (χ2v) is 10.7. The lowest BCUT2D eigenvalue weighted by atomic mass is 9.86. The SMILES string of the molecule is CCc1c(-c2ccnc(OC)c2)[nH]c2ccc(C3CCN(C4CC5CCC(C4)N5C)CC3)cc12. The van der Waals surface area contributed by atoms with Crippen molar-refractivity contribution in [2.24, 2.45) is 0 Å². The molecule has 3 aromatic rings. The molecule has 34 heavy (non-hydrogen) atoms. The number of methoxy groups -OCH3 is 1. The lowest BCUT2D eigenvalue weighted by Crippen LogP contribution is -2.50. The summed E-state index contributed by atoms with van der Waals surface area (Å²) in [4.78, 5) is 13.5. The van der Waals surface area contributed by atoms with Crippen molar-refractivity contribution < 1.29 is 4.74 Å². The average Bonchev–Trinajstić information content (AvgIpc) is 3.33. The monoisotopic (exact) mass is 458 g/mol. The molecule has 3 saturated heterocycles. The predicted octanol–water partition coefficient (Wildman–Crippen LogP) is 5.61. The number of hydrogen-bond acceptors (Lipinski definition) is 4. The number of benzene rings is 1. The van der Waals surface area contributed by atoms with E-state index in [0.29, 0.717) is 11.8 Å². The van der Waals surface area contributed by atoms with Gasteiger partial charge in [-0.3, -0.25) is 0 Å². The second kappa shape index (κ2) is 9.01. The first kappa shape index (κ1) is 22.1.